The number of ether oxygens (including phenoxy) is 1. The Labute approximate surface area is 172 Å². The molecule has 4 rings (SSSR count). The van der Waals surface area contributed by atoms with Crippen LogP contribution in [0.2, 0.25) is 0 Å². The molecule has 0 radical (unpaired) electrons. The van der Waals surface area contributed by atoms with Gasteiger partial charge in [-0.2, -0.15) is 0 Å². The lowest BCUT2D eigenvalue weighted by molar-refractivity contribution is -0.384. The average Bonchev–Trinajstić information content (AvgIpc) is 3.36. The summed E-state index contributed by atoms with van der Waals surface area (Å²) in [6, 6.07) is 11.5. The summed E-state index contributed by atoms with van der Waals surface area (Å²) in [6.45, 7) is 0. The van der Waals surface area contributed by atoms with Gasteiger partial charge >= 0.3 is 11.9 Å². The highest BCUT2D eigenvalue weighted by Gasteiger charge is 2.13. The summed E-state index contributed by atoms with van der Waals surface area (Å²) in [5.74, 6) is -1.59. The molecule has 0 saturated carbocycles. The number of hydrogen-bond acceptors (Lipinski definition) is 7. The second-order valence-electron chi connectivity index (χ2n) is 6.22. The third kappa shape index (κ3) is 4.48. The number of aromatic nitrogens is 2. The van der Waals surface area contributed by atoms with Gasteiger partial charge in [0.2, 0.25) is 0 Å². The maximum atomic E-state index is 11.2. The molecule has 2 heterocycles. The van der Waals surface area contributed by atoms with Gasteiger partial charge in [-0.3, -0.25) is 20.2 Å². The summed E-state index contributed by atoms with van der Waals surface area (Å²) in [5.41, 5.74) is 1.19. The zero-order valence-corrected chi connectivity index (χ0v) is 15.8. The van der Waals surface area contributed by atoms with Gasteiger partial charge in [-0.1, -0.05) is 0 Å². The van der Waals surface area contributed by atoms with Crippen LogP contribution in [0.4, 0.5) is 11.4 Å². The molecule has 2 aromatic carbocycles. The molecule has 12 nitrogen and oxygen atoms in total. The molecule has 158 valence electrons. The van der Waals surface area contributed by atoms with Crippen LogP contribution in [0.5, 0.6) is 0 Å². The Bertz CT molecular complexity index is 1330. The molecule has 3 N–H and O–H groups in total. The first-order valence-corrected chi connectivity index (χ1v) is 8.55. The molecule has 0 bridgehead atoms. The highest BCUT2D eigenvalue weighted by molar-refractivity contribution is 5.95. The Morgan fingerprint density at radius 3 is 1.71 bits per heavy atom. The van der Waals surface area contributed by atoms with Crippen molar-refractivity contribution < 1.29 is 29.3 Å². The molecule has 4 aromatic rings. The average molecular weight is 426 g/mol. The summed E-state index contributed by atoms with van der Waals surface area (Å²) in [6.07, 6.45) is 0. The predicted octanol–water partition coefficient (Wildman–Crippen LogP) is 3.64. The largest absolute Gasteiger partial charge is 0.477 e. The highest BCUT2D eigenvalue weighted by Crippen LogP contribution is 2.22. The first-order valence-electron chi connectivity index (χ1n) is 8.55. The van der Waals surface area contributed by atoms with Gasteiger partial charge in [-0.25, -0.2) is 9.59 Å². The van der Waals surface area contributed by atoms with Crippen LogP contribution in [-0.2, 0) is 4.74 Å². The first-order chi connectivity index (χ1) is 14.7. The van der Waals surface area contributed by atoms with Crippen molar-refractivity contribution in [3.05, 3.63) is 80.1 Å². The van der Waals surface area contributed by atoms with E-state index in [9.17, 15) is 29.8 Å². The normalized spacial score (nSPS) is 10.4. The molecule has 12 heteroatoms. The van der Waals surface area contributed by atoms with E-state index in [1.807, 2.05) is 0 Å². The number of benzene rings is 2. The molecule has 0 fully saturated rings. The number of carbonyl (C=O) groups is 2. The number of nitrogens with one attached hydrogen (secondary N) is 2. The monoisotopic (exact) mass is 426 g/mol. The summed E-state index contributed by atoms with van der Waals surface area (Å²) < 4.78 is 4.54. The number of aromatic carboxylic acids is 1. The van der Waals surface area contributed by atoms with Crippen LogP contribution in [0, 0.1) is 20.2 Å². The quantitative estimate of drug-likeness (QED) is 0.251. The standard InChI is InChI=1S/C10H8N2O4.C9H6N2O4/c1-16-10(13)9-4-6-2-3-7(12(14)15)5-8(6)11-9;12-9(13)8-3-5-1-2-6(11(14)15)4-7(5)10-8/h2-5,11H,1H3;1-4,10H,(H,12,13). The molecule has 31 heavy (non-hydrogen) atoms. The molecule has 0 atom stereocenters. The number of nitro benzene ring substituents is 2. The van der Waals surface area contributed by atoms with Crippen molar-refractivity contribution >= 4 is 45.1 Å². The van der Waals surface area contributed by atoms with Crippen LogP contribution in [0.3, 0.4) is 0 Å². The van der Waals surface area contributed by atoms with E-state index in [-0.39, 0.29) is 22.8 Å². The van der Waals surface area contributed by atoms with E-state index in [2.05, 4.69) is 14.7 Å². The van der Waals surface area contributed by atoms with Crippen LogP contribution in [-0.4, -0.2) is 44.0 Å². The van der Waals surface area contributed by atoms with Crippen molar-refractivity contribution in [1.82, 2.24) is 9.97 Å². The van der Waals surface area contributed by atoms with Crippen LogP contribution >= 0.6 is 0 Å². The second kappa shape index (κ2) is 8.32. The number of non-ortho nitro benzene ring substituents is 2. The summed E-state index contributed by atoms with van der Waals surface area (Å²) >= 11 is 0. The number of hydrogen-bond donors (Lipinski definition) is 3. The summed E-state index contributed by atoms with van der Waals surface area (Å²) in [7, 11) is 1.27. The topological polar surface area (TPSA) is 181 Å². The first kappa shape index (κ1) is 21.0. The minimum atomic E-state index is -1.09. The van der Waals surface area contributed by atoms with Crippen LogP contribution in [0.15, 0.2) is 48.5 Å². The number of methoxy groups -OCH3 is 1. The molecule has 0 saturated heterocycles. The van der Waals surface area contributed by atoms with E-state index in [4.69, 9.17) is 5.11 Å². The third-order valence-electron chi connectivity index (χ3n) is 4.27. The van der Waals surface area contributed by atoms with Crippen LogP contribution < -0.4 is 0 Å². The molecule has 0 unspecified atom stereocenters. The molecule has 2 aromatic heterocycles. The Kier molecular flexibility index (Phi) is 5.63. The van der Waals surface area contributed by atoms with Gasteiger partial charge in [0, 0.05) is 35.0 Å². The van der Waals surface area contributed by atoms with Crippen molar-refractivity contribution in [3.63, 3.8) is 0 Å². The second-order valence-corrected chi connectivity index (χ2v) is 6.22. The number of rotatable bonds is 4. The maximum absolute atomic E-state index is 11.2. The number of carboxylic acids is 1. The van der Waals surface area contributed by atoms with Gasteiger partial charge in [0.1, 0.15) is 11.4 Å². The number of H-pyrrole nitrogens is 2. The van der Waals surface area contributed by atoms with Gasteiger partial charge in [0.05, 0.1) is 28.0 Å². The molecular formula is C19H14N4O8. The van der Waals surface area contributed by atoms with Crippen molar-refractivity contribution in [2.24, 2.45) is 0 Å². The van der Waals surface area contributed by atoms with E-state index in [1.54, 1.807) is 12.1 Å². The molecule has 0 spiro atoms. The van der Waals surface area contributed by atoms with Gasteiger partial charge in [0.15, 0.2) is 0 Å². The lowest BCUT2D eigenvalue weighted by Gasteiger charge is -1.92. The van der Waals surface area contributed by atoms with E-state index in [0.717, 1.165) is 5.39 Å². The summed E-state index contributed by atoms with van der Waals surface area (Å²) in [5, 5.41) is 31.1. The van der Waals surface area contributed by atoms with Gasteiger partial charge in [0.25, 0.3) is 11.4 Å². The number of esters is 1. The predicted molar refractivity (Wildman–Crippen MR) is 108 cm³/mol. The Balaban J connectivity index is 0.000000176. The minimum absolute atomic E-state index is 0.0190. The van der Waals surface area contributed by atoms with Crippen molar-refractivity contribution in [2.75, 3.05) is 7.11 Å². The van der Waals surface area contributed by atoms with Crippen molar-refractivity contribution in [1.29, 1.82) is 0 Å². The van der Waals surface area contributed by atoms with Gasteiger partial charge in [-0.05, 0) is 24.3 Å². The number of nitro groups is 2. The zero-order chi connectivity index (χ0) is 22.7. The fraction of sp³-hybridized carbons (Fsp3) is 0.0526. The van der Waals surface area contributed by atoms with Gasteiger partial charge < -0.3 is 19.8 Å². The SMILES string of the molecule is COC(=O)c1cc2ccc([N+](=O)[O-])cc2[nH]1.O=C(O)c1cc2ccc([N+](=O)[O-])cc2[nH]1. The summed E-state index contributed by atoms with van der Waals surface area (Å²) in [4.78, 5) is 47.2. The fourth-order valence-corrected chi connectivity index (χ4v) is 2.79. The Morgan fingerprint density at radius 1 is 0.839 bits per heavy atom. The van der Waals surface area contributed by atoms with Crippen molar-refractivity contribution in [2.45, 2.75) is 0 Å². The number of carboxylic acid groups (broad SMARTS) is 1. The number of nitrogens with zero attached hydrogens (tertiary/aromatic N) is 2. The van der Waals surface area contributed by atoms with Gasteiger partial charge in [-0.15, -0.1) is 0 Å². The maximum Gasteiger partial charge on any atom is 0.354 e. The third-order valence-corrected chi connectivity index (χ3v) is 4.27. The number of aromatic amines is 2. The van der Waals surface area contributed by atoms with E-state index >= 15 is 0 Å². The fourth-order valence-electron chi connectivity index (χ4n) is 2.79. The van der Waals surface area contributed by atoms with E-state index in [1.165, 1.54) is 43.5 Å². The number of fused-ring (bicyclic) bond motifs is 2. The Hall–Kier alpha value is -4.74. The lowest BCUT2D eigenvalue weighted by Crippen LogP contribution is -2.00. The lowest BCUT2D eigenvalue weighted by atomic mass is 10.2. The van der Waals surface area contributed by atoms with Crippen LogP contribution in [0.25, 0.3) is 21.8 Å². The smallest absolute Gasteiger partial charge is 0.354 e. The van der Waals surface area contributed by atoms with E-state index in [0.29, 0.717) is 16.4 Å². The zero-order valence-electron chi connectivity index (χ0n) is 15.8. The molecule has 0 amide bonds. The molecule has 0 aliphatic carbocycles. The minimum Gasteiger partial charge on any atom is -0.477 e. The number of carbonyl (C=O) groups excluding carboxylic acids is 1. The highest BCUT2D eigenvalue weighted by atomic mass is 16.6. The van der Waals surface area contributed by atoms with Crippen molar-refractivity contribution in [3.8, 4) is 0 Å². The van der Waals surface area contributed by atoms with E-state index < -0.39 is 21.8 Å². The molecule has 0 aliphatic rings. The Morgan fingerprint density at radius 2 is 1.29 bits per heavy atom. The molecular weight excluding hydrogens is 412 g/mol. The van der Waals surface area contributed by atoms with Crippen LogP contribution in [0.1, 0.15) is 21.0 Å². The molecule has 0 aliphatic heterocycles.